The van der Waals surface area contributed by atoms with Gasteiger partial charge in [0.1, 0.15) is 0 Å². The van der Waals surface area contributed by atoms with E-state index < -0.39 is 0 Å². The monoisotopic (exact) mass is 260 g/mol. The molecule has 2 amide bonds. The van der Waals surface area contributed by atoms with Crippen molar-refractivity contribution < 1.29 is 9.59 Å². The van der Waals surface area contributed by atoms with Gasteiger partial charge in [-0.3, -0.25) is 9.59 Å². The van der Waals surface area contributed by atoms with Crippen LogP contribution >= 0.6 is 0 Å². The summed E-state index contributed by atoms with van der Waals surface area (Å²) in [6.45, 7) is 4.60. The highest BCUT2D eigenvalue weighted by molar-refractivity contribution is 5.94. The Morgan fingerprint density at radius 2 is 1.95 bits per heavy atom. The van der Waals surface area contributed by atoms with Crippen LogP contribution in [0.15, 0.2) is 30.3 Å². The van der Waals surface area contributed by atoms with Crippen LogP contribution in [-0.4, -0.2) is 24.9 Å². The Morgan fingerprint density at radius 3 is 2.63 bits per heavy atom. The van der Waals surface area contributed by atoms with Gasteiger partial charge in [0.25, 0.3) is 0 Å². The van der Waals surface area contributed by atoms with Crippen molar-refractivity contribution in [2.24, 2.45) is 0 Å². The molecule has 1 aromatic rings. The van der Waals surface area contributed by atoms with E-state index in [1.54, 1.807) is 6.08 Å². The zero-order valence-electron chi connectivity index (χ0n) is 11.4. The molecule has 1 rings (SSSR count). The Kier molecular flexibility index (Phi) is 6.36. The number of hydrogen-bond acceptors (Lipinski definition) is 2. The molecule has 0 unspecified atom stereocenters. The maximum atomic E-state index is 11.5. The van der Waals surface area contributed by atoms with Gasteiger partial charge in [-0.15, -0.1) is 0 Å². The average Bonchev–Trinajstić information content (AvgIpc) is 2.42. The summed E-state index contributed by atoms with van der Waals surface area (Å²) in [7, 11) is 0. The van der Waals surface area contributed by atoms with Gasteiger partial charge >= 0.3 is 0 Å². The van der Waals surface area contributed by atoms with E-state index >= 15 is 0 Å². The van der Waals surface area contributed by atoms with Gasteiger partial charge in [0.15, 0.2) is 0 Å². The van der Waals surface area contributed by atoms with Crippen molar-refractivity contribution in [2.75, 3.05) is 13.1 Å². The molecule has 0 spiro atoms. The van der Waals surface area contributed by atoms with E-state index in [0.717, 1.165) is 17.5 Å². The molecule has 2 N–H and O–H groups in total. The van der Waals surface area contributed by atoms with E-state index in [9.17, 15) is 9.59 Å². The maximum absolute atomic E-state index is 11.5. The summed E-state index contributed by atoms with van der Waals surface area (Å²) in [5, 5.41) is 5.24. The molecule has 0 saturated carbocycles. The van der Waals surface area contributed by atoms with Crippen molar-refractivity contribution in [1.82, 2.24) is 10.6 Å². The number of rotatable bonds is 6. The van der Waals surface area contributed by atoms with E-state index in [1.807, 2.05) is 38.1 Å². The van der Waals surface area contributed by atoms with E-state index in [1.165, 1.54) is 6.08 Å². The molecule has 102 valence electrons. The number of nitrogens with one attached hydrogen (secondary N) is 2. The molecule has 0 fully saturated rings. The van der Waals surface area contributed by atoms with Crippen LogP contribution in [0.5, 0.6) is 0 Å². The highest BCUT2D eigenvalue weighted by atomic mass is 16.2. The van der Waals surface area contributed by atoms with E-state index in [0.29, 0.717) is 6.54 Å². The van der Waals surface area contributed by atoms with Gasteiger partial charge in [0, 0.05) is 12.6 Å². The van der Waals surface area contributed by atoms with Gasteiger partial charge in [-0.2, -0.15) is 0 Å². The lowest BCUT2D eigenvalue weighted by Gasteiger charge is -2.03. The quantitative estimate of drug-likeness (QED) is 0.764. The third kappa shape index (κ3) is 5.86. The first kappa shape index (κ1) is 15.0. The Balaban J connectivity index is 2.39. The van der Waals surface area contributed by atoms with Gasteiger partial charge < -0.3 is 10.6 Å². The highest BCUT2D eigenvalue weighted by Gasteiger charge is 2.01. The fourth-order valence-corrected chi connectivity index (χ4v) is 1.49. The first-order valence-corrected chi connectivity index (χ1v) is 6.41. The number of amides is 2. The molecule has 19 heavy (non-hydrogen) atoms. The third-order valence-corrected chi connectivity index (χ3v) is 2.60. The van der Waals surface area contributed by atoms with Crippen LogP contribution in [0.4, 0.5) is 0 Å². The molecule has 0 aliphatic rings. The molecule has 0 aliphatic heterocycles. The molecule has 1 aromatic carbocycles. The number of aryl methyl sites for hydroxylation is 1. The normalized spacial score (nSPS) is 10.4. The Labute approximate surface area is 113 Å². The van der Waals surface area contributed by atoms with Crippen molar-refractivity contribution in [2.45, 2.75) is 20.3 Å². The van der Waals surface area contributed by atoms with Gasteiger partial charge in [0.2, 0.25) is 11.8 Å². The summed E-state index contributed by atoms with van der Waals surface area (Å²) >= 11 is 0. The molecule has 0 heterocycles. The SMILES string of the molecule is CCCNC(=O)CNC(=O)/C=C/c1ccccc1C. The van der Waals surface area contributed by atoms with Crippen molar-refractivity contribution in [3.63, 3.8) is 0 Å². The van der Waals surface area contributed by atoms with E-state index in [2.05, 4.69) is 10.6 Å². The Hall–Kier alpha value is -2.10. The van der Waals surface area contributed by atoms with E-state index in [-0.39, 0.29) is 18.4 Å². The fourth-order valence-electron chi connectivity index (χ4n) is 1.49. The topological polar surface area (TPSA) is 58.2 Å². The molecule has 4 heteroatoms. The zero-order chi connectivity index (χ0) is 14.1. The van der Waals surface area contributed by atoms with Gasteiger partial charge in [-0.05, 0) is 30.5 Å². The first-order chi connectivity index (χ1) is 9.13. The lowest BCUT2D eigenvalue weighted by Crippen LogP contribution is -2.36. The second kappa shape index (κ2) is 8.08. The Morgan fingerprint density at radius 1 is 1.21 bits per heavy atom. The van der Waals surface area contributed by atoms with Crippen molar-refractivity contribution in [1.29, 1.82) is 0 Å². The maximum Gasteiger partial charge on any atom is 0.244 e. The highest BCUT2D eigenvalue weighted by Crippen LogP contribution is 2.08. The van der Waals surface area contributed by atoms with Crippen LogP contribution in [0.3, 0.4) is 0 Å². The standard InChI is InChI=1S/C15H20N2O2/c1-3-10-16-15(19)11-17-14(18)9-8-13-7-5-4-6-12(13)2/h4-9H,3,10-11H2,1-2H3,(H,16,19)(H,17,18)/b9-8+. The van der Waals surface area contributed by atoms with E-state index in [4.69, 9.17) is 0 Å². The summed E-state index contributed by atoms with van der Waals surface area (Å²) in [6, 6.07) is 7.79. The molecule has 0 aliphatic carbocycles. The summed E-state index contributed by atoms with van der Waals surface area (Å²) in [5.41, 5.74) is 2.10. The van der Waals surface area contributed by atoms with Gasteiger partial charge in [0.05, 0.1) is 6.54 Å². The summed E-state index contributed by atoms with van der Waals surface area (Å²) in [4.78, 5) is 22.8. The molecule has 0 bridgehead atoms. The van der Waals surface area contributed by atoms with Crippen LogP contribution in [0.25, 0.3) is 6.08 Å². The van der Waals surface area contributed by atoms with Crippen molar-refractivity contribution in [3.8, 4) is 0 Å². The number of benzene rings is 1. The average molecular weight is 260 g/mol. The van der Waals surface area contributed by atoms with Crippen molar-refractivity contribution >= 4 is 17.9 Å². The smallest absolute Gasteiger partial charge is 0.244 e. The summed E-state index contributed by atoms with van der Waals surface area (Å²) in [5.74, 6) is -0.436. The number of carbonyl (C=O) groups is 2. The third-order valence-electron chi connectivity index (χ3n) is 2.60. The lowest BCUT2D eigenvalue weighted by molar-refractivity contribution is -0.123. The second-order valence-electron chi connectivity index (χ2n) is 4.26. The molecule has 4 nitrogen and oxygen atoms in total. The summed E-state index contributed by atoms with van der Waals surface area (Å²) < 4.78 is 0. The minimum atomic E-state index is -0.269. The van der Waals surface area contributed by atoms with Gasteiger partial charge in [-0.25, -0.2) is 0 Å². The van der Waals surface area contributed by atoms with Crippen LogP contribution in [-0.2, 0) is 9.59 Å². The summed E-state index contributed by atoms with van der Waals surface area (Å²) in [6.07, 6.45) is 4.07. The van der Waals surface area contributed by atoms with Crippen LogP contribution < -0.4 is 10.6 Å². The van der Waals surface area contributed by atoms with Crippen molar-refractivity contribution in [3.05, 3.63) is 41.5 Å². The largest absolute Gasteiger partial charge is 0.355 e. The predicted molar refractivity (Wildman–Crippen MR) is 76.5 cm³/mol. The molecular formula is C15H20N2O2. The number of carbonyl (C=O) groups excluding carboxylic acids is 2. The minimum absolute atomic E-state index is 0.0109. The predicted octanol–water partition coefficient (Wildman–Crippen LogP) is 1.65. The second-order valence-corrected chi connectivity index (χ2v) is 4.26. The van der Waals surface area contributed by atoms with Crippen LogP contribution in [0.2, 0.25) is 0 Å². The lowest BCUT2D eigenvalue weighted by atomic mass is 10.1. The molecule has 0 saturated heterocycles. The van der Waals surface area contributed by atoms with Crippen LogP contribution in [0.1, 0.15) is 24.5 Å². The molecular weight excluding hydrogens is 240 g/mol. The fraction of sp³-hybridized carbons (Fsp3) is 0.333. The zero-order valence-corrected chi connectivity index (χ0v) is 11.4. The first-order valence-electron chi connectivity index (χ1n) is 6.41. The van der Waals surface area contributed by atoms with Gasteiger partial charge in [-0.1, -0.05) is 31.2 Å². The molecule has 0 radical (unpaired) electrons. The van der Waals surface area contributed by atoms with Crippen LogP contribution in [0, 0.1) is 6.92 Å². The number of hydrogen-bond donors (Lipinski definition) is 2. The molecule has 0 atom stereocenters. The molecule has 0 aromatic heterocycles. The minimum Gasteiger partial charge on any atom is -0.355 e. The Bertz CT molecular complexity index is 467.